The number of rotatable bonds is 4. The van der Waals surface area contributed by atoms with Crippen LogP contribution in [-0.4, -0.2) is 14.4 Å². The number of nitrogen functional groups attached to an aromatic ring is 1. The van der Waals surface area contributed by atoms with Gasteiger partial charge in [-0.3, -0.25) is 4.98 Å². The molecule has 0 unspecified atom stereocenters. The fourth-order valence-corrected chi connectivity index (χ4v) is 3.53. The third kappa shape index (κ3) is 3.20. The van der Waals surface area contributed by atoms with Gasteiger partial charge in [0, 0.05) is 24.0 Å². The van der Waals surface area contributed by atoms with Gasteiger partial charge in [0.2, 0.25) is 0 Å². The van der Waals surface area contributed by atoms with Crippen molar-refractivity contribution in [3.63, 3.8) is 0 Å². The van der Waals surface area contributed by atoms with Gasteiger partial charge in [0.05, 0.1) is 29.0 Å². The summed E-state index contributed by atoms with van der Waals surface area (Å²) < 4.78 is 2.13. The summed E-state index contributed by atoms with van der Waals surface area (Å²) in [4.78, 5) is 9.27. The molecule has 5 heteroatoms. The van der Waals surface area contributed by atoms with Crippen LogP contribution < -0.4 is 11.1 Å². The highest BCUT2D eigenvalue weighted by atomic mass is 15.1. The van der Waals surface area contributed by atoms with Crippen LogP contribution in [0, 0.1) is 27.7 Å². The van der Waals surface area contributed by atoms with Gasteiger partial charge in [-0.05, 0) is 62.6 Å². The third-order valence-corrected chi connectivity index (χ3v) is 5.38. The van der Waals surface area contributed by atoms with Crippen LogP contribution in [0.5, 0.6) is 0 Å². The first-order valence-electron chi connectivity index (χ1n) is 9.44. The van der Waals surface area contributed by atoms with Crippen molar-refractivity contribution >= 4 is 17.0 Å². The molecule has 0 radical (unpaired) electrons. The Bertz CT molecular complexity index is 1140. The fraction of sp³-hybridized carbons (Fsp3) is 0.217. The Morgan fingerprint density at radius 3 is 2.46 bits per heavy atom. The van der Waals surface area contributed by atoms with Crippen LogP contribution in [0.1, 0.15) is 28.1 Å². The van der Waals surface area contributed by atoms with Crippen molar-refractivity contribution < 1.29 is 0 Å². The van der Waals surface area contributed by atoms with E-state index >= 15 is 0 Å². The number of aromatic nitrogens is 3. The normalized spacial score (nSPS) is 11.1. The average molecular weight is 371 g/mol. The van der Waals surface area contributed by atoms with Crippen molar-refractivity contribution in [2.75, 3.05) is 11.1 Å². The molecule has 0 bridgehead atoms. The number of hydrogen-bond donors (Lipinski definition) is 2. The van der Waals surface area contributed by atoms with E-state index in [4.69, 9.17) is 10.7 Å². The molecular formula is C23H25N5. The highest BCUT2D eigenvalue weighted by Gasteiger charge is 2.13. The van der Waals surface area contributed by atoms with Crippen LogP contribution in [0.15, 0.2) is 48.8 Å². The number of imidazole rings is 1. The van der Waals surface area contributed by atoms with Crippen molar-refractivity contribution in [3.8, 4) is 11.3 Å². The van der Waals surface area contributed by atoms with Gasteiger partial charge in [0.15, 0.2) is 5.65 Å². The minimum Gasteiger partial charge on any atom is -0.397 e. The van der Waals surface area contributed by atoms with Gasteiger partial charge >= 0.3 is 0 Å². The molecule has 4 rings (SSSR count). The number of nitrogens with one attached hydrogen (secondary N) is 1. The number of benzene rings is 1. The minimum atomic E-state index is 0.660. The van der Waals surface area contributed by atoms with Gasteiger partial charge in [0.25, 0.3) is 0 Å². The maximum absolute atomic E-state index is 5.80. The second-order valence-electron chi connectivity index (χ2n) is 7.32. The Morgan fingerprint density at radius 2 is 1.79 bits per heavy atom. The van der Waals surface area contributed by atoms with E-state index in [0.29, 0.717) is 5.69 Å². The zero-order valence-corrected chi connectivity index (χ0v) is 16.7. The molecule has 142 valence electrons. The van der Waals surface area contributed by atoms with E-state index in [2.05, 4.69) is 65.9 Å². The lowest BCUT2D eigenvalue weighted by atomic mass is 10.0. The van der Waals surface area contributed by atoms with Crippen molar-refractivity contribution in [2.24, 2.45) is 0 Å². The molecule has 4 aromatic rings. The molecule has 0 fully saturated rings. The van der Waals surface area contributed by atoms with Crippen molar-refractivity contribution in [1.82, 2.24) is 14.4 Å². The zero-order chi connectivity index (χ0) is 19.8. The Morgan fingerprint density at radius 1 is 1.04 bits per heavy atom. The second-order valence-corrected chi connectivity index (χ2v) is 7.32. The summed E-state index contributed by atoms with van der Waals surface area (Å²) in [5, 5.41) is 3.61. The van der Waals surface area contributed by atoms with E-state index in [0.717, 1.165) is 40.5 Å². The second kappa shape index (κ2) is 7.00. The van der Waals surface area contributed by atoms with Gasteiger partial charge in [-0.15, -0.1) is 0 Å². The van der Waals surface area contributed by atoms with E-state index in [9.17, 15) is 0 Å². The molecule has 1 aromatic carbocycles. The summed E-state index contributed by atoms with van der Waals surface area (Å²) in [5.74, 6) is 0. The maximum Gasteiger partial charge on any atom is 0.160 e. The van der Waals surface area contributed by atoms with Crippen LogP contribution in [-0.2, 0) is 6.54 Å². The topological polar surface area (TPSA) is 68.2 Å². The van der Waals surface area contributed by atoms with Crippen molar-refractivity contribution in [2.45, 2.75) is 34.2 Å². The van der Waals surface area contributed by atoms with Gasteiger partial charge in [-0.2, -0.15) is 0 Å². The number of nitrogens with zero attached hydrogens (tertiary/aromatic N) is 3. The Hall–Kier alpha value is -3.34. The fourth-order valence-electron chi connectivity index (χ4n) is 3.53. The quantitative estimate of drug-likeness (QED) is 0.539. The smallest absolute Gasteiger partial charge is 0.160 e. The summed E-state index contributed by atoms with van der Waals surface area (Å²) >= 11 is 0. The molecule has 0 aliphatic rings. The molecule has 0 amide bonds. The molecule has 3 N–H and O–H groups in total. The molecule has 5 nitrogen and oxygen atoms in total. The maximum atomic E-state index is 5.80. The first-order chi connectivity index (χ1) is 13.4. The van der Waals surface area contributed by atoms with Crippen LogP contribution in [0.3, 0.4) is 0 Å². The molecule has 0 spiro atoms. The van der Waals surface area contributed by atoms with E-state index in [1.165, 1.54) is 16.7 Å². The summed E-state index contributed by atoms with van der Waals surface area (Å²) in [6.45, 7) is 9.18. The highest BCUT2D eigenvalue weighted by molar-refractivity contribution is 5.76. The molecule has 3 heterocycles. The Kier molecular flexibility index (Phi) is 4.51. The van der Waals surface area contributed by atoms with Crippen LogP contribution in [0.4, 0.5) is 11.4 Å². The predicted octanol–water partition coefficient (Wildman–Crippen LogP) is 4.82. The summed E-state index contributed by atoms with van der Waals surface area (Å²) in [5.41, 5.74) is 16.3. The van der Waals surface area contributed by atoms with Crippen LogP contribution in [0.2, 0.25) is 0 Å². The minimum absolute atomic E-state index is 0.660. The lowest BCUT2D eigenvalue weighted by Crippen LogP contribution is -2.05. The van der Waals surface area contributed by atoms with Crippen molar-refractivity contribution in [1.29, 1.82) is 0 Å². The van der Waals surface area contributed by atoms with Gasteiger partial charge in [-0.25, -0.2) is 4.98 Å². The Balaban J connectivity index is 1.80. The number of nitrogens with two attached hydrogens (primary N) is 1. The SMILES string of the molecule is Cc1cccc(C)c1CNc1cc(-c2ccc(N)cn2)cn2c(C)c(C)nc12. The lowest BCUT2D eigenvalue weighted by molar-refractivity contribution is 1.07. The number of fused-ring (bicyclic) bond motifs is 1. The summed E-state index contributed by atoms with van der Waals surface area (Å²) in [6.07, 6.45) is 3.78. The molecule has 0 aliphatic carbocycles. The molecule has 0 aliphatic heterocycles. The van der Waals surface area contributed by atoms with Gasteiger partial charge in [-0.1, -0.05) is 18.2 Å². The van der Waals surface area contributed by atoms with E-state index < -0.39 is 0 Å². The highest BCUT2D eigenvalue weighted by Crippen LogP contribution is 2.28. The third-order valence-electron chi connectivity index (χ3n) is 5.38. The molecule has 3 aromatic heterocycles. The van der Waals surface area contributed by atoms with Gasteiger partial charge in [0.1, 0.15) is 0 Å². The van der Waals surface area contributed by atoms with Gasteiger partial charge < -0.3 is 15.5 Å². The monoisotopic (exact) mass is 371 g/mol. The van der Waals surface area contributed by atoms with Crippen molar-refractivity contribution in [3.05, 3.63) is 76.9 Å². The standard InChI is InChI=1S/C23H25N5/c1-14-6-5-7-15(2)20(14)12-26-22-10-18(21-9-8-19(24)11-25-21)13-28-17(4)16(3)27-23(22)28/h5-11,13,26H,12,24H2,1-4H3. The lowest BCUT2D eigenvalue weighted by Gasteiger charge is -2.14. The largest absolute Gasteiger partial charge is 0.397 e. The van der Waals surface area contributed by atoms with E-state index in [1.54, 1.807) is 6.20 Å². The average Bonchev–Trinajstić information content (AvgIpc) is 2.96. The first-order valence-corrected chi connectivity index (χ1v) is 9.44. The predicted molar refractivity (Wildman–Crippen MR) is 116 cm³/mol. The van der Waals surface area contributed by atoms with E-state index in [-0.39, 0.29) is 0 Å². The number of hydrogen-bond acceptors (Lipinski definition) is 4. The first kappa shape index (κ1) is 18.0. The molecule has 0 atom stereocenters. The number of anilines is 2. The summed E-state index contributed by atoms with van der Waals surface area (Å²) in [6, 6.07) is 12.3. The summed E-state index contributed by atoms with van der Waals surface area (Å²) in [7, 11) is 0. The van der Waals surface area contributed by atoms with Crippen LogP contribution in [0.25, 0.3) is 16.9 Å². The molecular weight excluding hydrogens is 346 g/mol. The van der Waals surface area contributed by atoms with E-state index in [1.807, 2.05) is 19.1 Å². The number of pyridine rings is 2. The zero-order valence-electron chi connectivity index (χ0n) is 16.7. The molecule has 0 saturated carbocycles. The molecule has 28 heavy (non-hydrogen) atoms. The number of aryl methyl sites for hydroxylation is 4. The van der Waals surface area contributed by atoms with Crippen LogP contribution >= 0.6 is 0 Å². The Labute approximate surface area is 165 Å². The molecule has 0 saturated heterocycles.